The van der Waals surface area contributed by atoms with Crippen molar-refractivity contribution in [3.05, 3.63) is 126 Å². The van der Waals surface area contributed by atoms with E-state index in [4.69, 9.17) is 4.74 Å². The first-order chi connectivity index (χ1) is 15.5. The summed E-state index contributed by atoms with van der Waals surface area (Å²) in [7, 11) is -0.290. The van der Waals surface area contributed by atoms with Crippen LogP contribution in [0, 0.1) is 5.82 Å². The minimum absolute atomic E-state index is 0.290. The van der Waals surface area contributed by atoms with Gasteiger partial charge in [-0.05, 0) is 68.4 Å². The van der Waals surface area contributed by atoms with Crippen LogP contribution in [0.3, 0.4) is 0 Å². The van der Waals surface area contributed by atoms with Gasteiger partial charge in [-0.1, -0.05) is 54.6 Å². The van der Waals surface area contributed by atoms with Gasteiger partial charge in [-0.3, -0.25) is 0 Å². The number of hydrogen-bond acceptors (Lipinski definition) is 2. The van der Waals surface area contributed by atoms with Crippen molar-refractivity contribution in [2.45, 2.75) is 34.1 Å². The van der Waals surface area contributed by atoms with E-state index in [1.807, 2.05) is 48.5 Å². The number of esters is 1. The first-order valence-corrected chi connectivity index (χ1v) is 11.6. The van der Waals surface area contributed by atoms with Gasteiger partial charge in [0.1, 0.15) is 11.4 Å². The fourth-order valence-corrected chi connectivity index (χ4v) is 5.63. The maximum atomic E-state index is 14.2. The van der Waals surface area contributed by atoms with Crippen LogP contribution in [0.15, 0.2) is 124 Å². The molecule has 0 radical (unpaired) electrons. The van der Waals surface area contributed by atoms with Crippen LogP contribution >= 0.6 is 0 Å². The minimum Gasteiger partial charge on any atom is -0.451 e. The van der Waals surface area contributed by atoms with Gasteiger partial charge >= 0.3 is 5.97 Å². The Bertz CT molecular complexity index is 1150. The lowest BCUT2D eigenvalue weighted by molar-refractivity contribution is -0.00452. The van der Waals surface area contributed by atoms with Crippen LogP contribution in [-0.2, 0) is 21.2 Å². The molecule has 0 amide bonds. The highest BCUT2D eigenvalue weighted by Crippen LogP contribution is 2.32. The van der Waals surface area contributed by atoms with E-state index in [1.165, 1.54) is 15.9 Å². The second kappa shape index (κ2) is 9.41. The first kappa shape index (κ1) is 21.8. The Morgan fingerprint density at radius 1 is 0.688 bits per heavy atom. The zero-order valence-corrected chi connectivity index (χ0v) is 18.8. The maximum absolute atomic E-state index is 14.2. The van der Waals surface area contributed by atoms with Gasteiger partial charge in [0.2, 0.25) is 0 Å². The molecule has 0 aliphatic heterocycles. The molecule has 0 bridgehead atoms. The summed E-state index contributed by atoms with van der Waals surface area (Å²) < 4.78 is 19.9. The fourth-order valence-electron chi connectivity index (χ4n) is 3.54. The van der Waals surface area contributed by atoms with Crippen molar-refractivity contribution in [2.75, 3.05) is 0 Å². The van der Waals surface area contributed by atoms with E-state index in [2.05, 4.69) is 24.3 Å². The van der Waals surface area contributed by atoms with E-state index < -0.39 is 17.4 Å². The molecule has 4 rings (SSSR count). The molecule has 4 aromatic rings. The van der Waals surface area contributed by atoms with Gasteiger partial charge in [-0.25, -0.2) is 9.18 Å². The average Bonchev–Trinajstić information content (AvgIpc) is 2.81. The topological polar surface area (TPSA) is 26.3 Å². The van der Waals surface area contributed by atoms with Crippen LogP contribution in [0.2, 0.25) is 0 Å². The smallest absolute Gasteiger partial charge is 0.339 e. The zero-order chi connectivity index (χ0) is 22.6. The van der Waals surface area contributed by atoms with Crippen LogP contribution < -0.4 is 0 Å². The summed E-state index contributed by atoms with van der Waals surface area (Å²) in [6, 6.07) is 34.5. The van der Waals surface area contributed by atoms with Gasteiger partial charge in [0.15, 0.2) is 14.7 Å². The molecule has 0 N–H and O–H groups in total. The lowest BCUT2D eigenvalue weighted by Gasteiger charge is -2.26. The normalized spacial score (nSPS) is 11.4. The molecular weight excluding hydrogens is 419 g/mol. The molecule has 160 valence electrons. The largest absolute Gasteiger partial charge is 0.451 e. The number of carbonyl (C=O) groups is 1. The van der Waals surface area contributed by atoms with Gasteiger partial charge in [-0.15, -0.1) is 0 Å². The Kier molecular flexibility index (Phi) is 6.42. The first-order valence-electron chi connectivity index (χ1n) is 10.4. The van der Waals surface area contributed by atoms with Crippen LogP contribution in [0.5, 0.6) is 0 Å². The number of carbonyl (C=O) groups excluding carboxylic acids is 1. The molecule has 0 heterocycles. The molecule has 4 aromatic carbocycles. The van der Waals surface area contributed by atoms with E-state index in [0.29, 0.717) is 11.1 Å². The standard InChI is InChI=1S/C28H24FO2S/c1-28(2,25-15-9-10-16-26(25)29)31-27(30)21-17-19-24(20-18-21)32(22-11-5-3-6-12-22)23-13-7-4-8-14-23/h3-20H,1-2H3/q+1. The summed E-state index contributed by atoms with van der Waals surface area (Å²) >= 11 is 0. The van der Waals surface area contributed by atoms with Crippen LogP contribution in [0.1, 0.15) is 29.8 Å². The highest BCUT2D eigenvalue weighted by atomic mass is 32.2. The van der Waals surface area contributed by atoms with E-state index in [-0.39, 0.29) is 10.9 Å². The molecule has 32 heavy (non-hydrogen) atoms. The van der Waals surface area contributed by atoms with Gasteiger partial charge in [-0.2, -0.15) is 0 Å². The van der Waals surface area contributed by atoms with Gasteiger partial charge in [0.05, 0.1) is 16.5 Å². The van der Waals surface area contributed by atoms with Crippen molar-refractivity contribution in [2.24, 2.45) is 0 Å². The molecule has 0 saturated heterocycles. The summed E-state index contributed by atoms with van der Waals surface area (Å²) in [6.45, 7) is 3.39. The summed E-state index contributed by atoms with van der Waals surface area (Å²) in [5, 5.41) is 0. The van der Waals surface area contributed by atoms with Crippen molar-refractivity contribution in [3.8, 4) is 0 Å². The molecule has 0 atom stereocenters. The van der Waals surface area contributed by atoms with E-state index in [0.717, 1.165) is 4.90 Å². The predicted octanol–water partition coefficient (Wildman–Crippen LogP) is 7.01. The second-order valence-electron chi connectivity index (χ2n) is 7.84. The zero-order valence-electron chi connectivity index (χ0n) is 18.0. The fraction of sp³-hybridized carbons (Fsp3) is 0.107. The number of benzene rings is 4. The van der Waals surface area contributed by atoms with Crippen LogP contribution in [-0.4, -0.2) is 5.97 Å². The highest BCUT2D eigenvalue weighted by molar-refractivity contribution is 7.97. The average molecular weight is 444 g/mol. The third-order valence-electron chi connectivity index (χ3n) is 5.15. The highest BCUT2D eigenvalue weighted by Gasteiger charge is 2.31. The number of halogens is 1. The SMILES string of the molecule is CC(C)(OC(=O)c1ccc([S+](c2ccccc2)c2ccccc2)cc1)c1ccccc1F. The van der Waals surface area contributed by atoms with E-state index >= 15 is 0 Å². The number of ether oxygens (including phenoxy) is 1. The predicted molar refractivity (Wildman–Crippen MR) is 126 cm³/mol. The molecule has 0 fully saturated rings. The van der Waals surface area contributed by atoms with E-state index in [1.54, 1.807) is 44.2 Å². The quantitative estimate of drug-likeness (QED) is 0.237. The molecule has 0 aliphatic rings. The number of rotatable bonds is 6. The van der Waals surface area contributed by atoms with Gasteiger partial charge in [0, 0.05) is 5.56 Å². The van der Waals surface area contributed by atoms with Crippen molar-refractivity contribution < 1.29 is 13.9 Å². The summed E-state index contributed by atoms with van der Waals surface area (Å²) in [4.78, 5) is 16.3. The second-order valence-corrected chi connectivity index (χ2v) is 9.86. The monoisotopic (exact) mass is 443 g/mol. The lowest BCUT2D eigenvalue weighted by atomic mass is 9.97. The Morgan fingerprint density at radius 3 is 1.69 bits per heavy atom. The third kappa shape index (κ3) is 4.76. The summed E-state index contributed by atoms with van der Waals surface area (Å²) in [5.74, 6) is -0.875. The van der Waals surface area contributed by atoms with Crippen LogP contribution in [0.4, 0.5) is 4.39 Å². The molecule has 2 nitrogen and oxygen atoms in total. The molecule has 0 unspecified atom stereocenters. The Morgan fingerprint density at radius 2 is 1.16 bits per heavy atom. The minimum atomic E-state index is -1.08. The van der Waals surface area contributed by atoms with Gasteiger partial charge < -0.3 is 4.74 Å². The molecule has 0 aromatic heterocycles. The Balaban J connectivity index is 1.60. The molecule has 4 heteroatoms. The van der Waals surface area contributed by atoms with E-state index in [9.17, 15) is 9.18 Å². The summed E-state index contributed by atoms with van der Waals surface area (Å²) in [6.07, 6.45) is 0. The van der Waals surface area contributed by atoms with Gasteiger partial charge in [0.25, 0.3) is 0 Å². The Hall–Kier alpha value is -3.37. The summed E-state index contributed by atoms with van der Waals surface area (Å²) in [5.41, 5.74) is -0.304. The maximum Gasteiger partial charge on any atom is 0.339 e. The van der Waals surface area contributed by atoms with Crippen molar-refractivity contribution in [3.63, 3.8) is 0 Å². The lowest BCUT2D eigenvalue weighted by Crippen LogP contribution is -2.26. The molecule has 0 spiro atoms. The van der Waals surface area contributed by atoms with Crippen LogP contribution in [0.25, 0.3) is 0 Å². The molecule has 0 saturated carbocycles. The third-order valence-corrected chi connectivity index (χ3v) is 7.38. The van der Waals surface area contributed by atoms with Crippen molar-refractivity contribution in [1.82, 2.24) is 0 Å². The van der Waals surface area contributed by atoms with Crippen molar-refractivity contribution in [1.29, 1.82) is 0 Å². The Labute approximate surface area is 191 Å². The van der Waals surface area contributed by atoms with Crippen molar-refractivity contribution >= 4 is 16.9 Å². The number of hydrogen-bond donors (Lipinski definition) is 0. The molecular formula is C28H24FO2S+. The molecule has 0 aliphatic carbocycles.